The molecule has 0 heterocycles. The van der Waals surface area contributed by atoms with E-state index in [1.807, 2.05) is 24.3 Å². The molecule has 1 aromatic rings. The molecule has 0 saturated heterocycles. The molecule has 0 N–H and O–H groups in total. The SMILES string of the molecule is FC1=CCCc2ccccc21. The molecule has 0 aliphatic heterocycles. The standard InChI is InChI=1S/C10H9F/c11-10-7-3-5-8-4-1-2-6-9(8)10/h1-2,4,6-7H,3,5H2. The molecule has 0 spiro atoms. The van der Waals surface area contributed by atoms with Gasteiger partial charge in [0.2, 0.25) is 0 Å². The Hall–Kier alpha value is -1.11. The van der Waals surface area contributed by atoms with Crippen molar-refractivity contribution in [1.82, 2.24) is 0 Å². The lowest BCUT2D eigenvalue weighted by Gasteiger charge is -2.10. The molecule has 0 bridgehead atoms. The van der Waals surface area contributed by atoms with Crippen LogP contribution < -0.4 is 0 Å². The number of hydrogen-bond donors (Lipinski definition) is 0. The summed E-state index contributed by atoms with van der Waals surface area (Å²) in [7, 11) is 0. The number of fused-ring (bicyclic) bond motifs is 1. The number of hydrogen-bond acceptors (Lipinski definition) is 0. The maximum atomic E-state index is 13.0. The Balaban J connectivity index is 2.56. The summed E-state index contributed by atoms with van der Waals surface area (Å²) in [5.41, 5.74) is 1.91. The fourth-order valence-corrected chi connectivity index (χ4v) is 1.44. The van der Waals surface area contributed by atoms with Crippen molar-refractivity contribution >= 4 is 5.83 Å². The molecule has 0 saturated carbocycles. The minimum absolute atomic E-state index is 0.0631. The van der Waals surface area contributed by atoms with Gasteiger partial charge in [0, 0.05) is 5.56 Å². The smallest absolute Gasteiger partial charge is 0.126 e. The van der Waals surface area contributed by atoms with Crippen molar-refractivity contribution in [2.75, 3.05) is 0 Å². The first-order chi connectivity index (χ1) is 5.38. The van der Waals surface area contributed by atoms with E-state index in [1.165, 1.54) is 0 Å². The van der Waals surface area contributed by atoms with E-state index in [0.717, 1.165) is 24.0 Å². The van der Waals surface area contributed by atoms with Gasteiger partial charge >= 0.3 is 0 Å². The second-order valence-corrected chi connectivity index (χ2v) is 2.75. The lowest BCUT2D eigenvalue weighted by Crippen LogP contribution is -1.95. The molecule has 0 unspecified atom stereocenters. The Labute approximate surface area is 65.4 Å². The van der Waals surface area contributed by atoms with Crippen molar-refractivity contribution in [3.8, 4) is 0 Å². The van der Waals surface area contributed by atoms with Crippen molar-refractivity contribution in [3.05, 3.63) is 41.5 Å². The molecule has 0 amide bonds. The van der Waals surface area contributed by atoms with Gasteiger partial charge < -0.3 is 0 Å². The Morgan fingerprint density at radius 2 is 2.00 bits per heavy atom. The van der Waals surface area contributed by atoms with Gasteiger partial charge in [0.25, 0.3) is 0 Å². The third-order valence-electron chi connectivity index (χ3n) is 2.01. The summed E-state index contributed by atoms with van der Waals surface area (Å²) < 4.78 is 13.0. The molecule has 1 aromatic carbocycles. The molecule has 11 heavy (non-hydrogen) atoms. The van der Waals surface area contributed by atoms with Crippen molar-refractivity contribution < 1.29 is 4.39 Å². The van der Waals surface area contributed by atoms with Crippen LogP contribution in [0.4, 0.5) is 4.39 Å². The molecule has 56 valence electrons. The highest BCUT2D eigenvalue weighted by Gasteiger charge is 2.09. The molecule has 1 heteroatoms. The van der Waals surface area contributed by atoms with Crippen LogP contribution in [0.2, 0.25) is 0 Å². The topological polar surface area (TPSA) is 0 Å². The van der Waals surface area contributed by atoms with E-state index in [0.29, 0.717) is 0 Å². The second-order valence-electron chi connectivity index (χ2n) is 2.75. The van der Waals surface area contributed by atoms with Gasteiger partial charge in [-0.1, -0.05) is 24.3 Å². The van der Waals surface area contributed by atoms with Crippen LogP contribution in [0.25, 0.3) is 5.83 Å². The zero-order valence-corrected chi connectivity index (χ0v) is 6.18. The van der Waals surface area contributed by atoms with Crippen LogP contribution in [0.15, 0.2) is 30.3 Å². The summed E-state index contributed by atoms with van der Waals surface area (Å²) in [6, 6.07) is 7.65. The maximum absolute atomic E-state index is 13.0. The fourth-order valence-electron chi connectivity index (χ4n) is 1.44. The van der Waals surface area contributed by atoms with Crippen LogP contribution >= 0.6 is 0 Å². The first-order valence-corrected chi connectivity index (χ1v) is 3.82. The van der Waals surface area contributed by atoms with E-state index in [9.17, 15) is 4.39 Å². The summed E-state index contributed by atoms with van der Waals surface area (Å²) in [6.07, 6.45) is 3.47. The Kier molecular flexibility index (Phi) is 1.50. The number of rotatable bonds is 0. The third-order valence-corrected chi connectivity index (χ3v) is 2.01. The van der Waals surface area contributed by atoms with E-state index < -0.39 is 0 Å². The van der Waals surface area contributed by atoms with Gasteiger partial charge in [-0.3, -0.25) is 0 Å². The Bertz CT molecular complexity index is 299. The van der Waals surface area contributed by atoms with Crippen LogP contribution in [-0.4, -0.2) is 0 Å². The monoisotopic (exact) mass is 148 g/mol. The molecule has 1 aliphatic carbocycles. The van der Waals surface area contributed by atoms with Crippen LogP contribution in [0, 0.1) is 0 Å². The average molecular weight is 148 g/mol. The van der Waals surface area contributed by atoms with Crippen LogP contribution in [0.3, 0.4) is 0 Å². The number of aryl methyl sites for hydroxylation is 1. The van der Waals surface area contributed by atoms with Crippen molar-refractivity contribution in [3.63, 3.8) is 0 Å². The minimum Gasteiger partial charge on any atom is -0.207 e. The van der Waals surface area contributed by atoms with Crippen LogP contribution in [0.5, 0.6) is 0 Å². The molecule has 0 atom stereocenters. The first-order valence-electron chi connectivity index (χ1n) is 3.82. The Morgan fingerprint density at radius 3 is 2.82 bits per heavy atom. The highest BCUT2D eigenvalue weighted by molar-refractivity contribution is 5.64. The van der Waals surface area contributed by atoms with Crippen LogP contribution in [0.1, 0.15) is 17.5 Å². The molecular weight excluding hydrogens is 139 g/mol. The quantitative estimate of drug-likeness (QED) is 0.530. The highest BCUT2D eigenvalue weighted by Crippen LogP contribution is 2.26. The predicted molar refractivity (Wildman–Crippen MR) is 43.8 cm³/mol. The molecule has 0 aromatic heterocycles. The van der Waals surface area contributed by atoms with Gasteiger partial charge in [0.05, 0.1) is 0 Å². The van der Waals surface area contributed by atoms with E-state index in [2.05, 4.69) is 0 Å². The van der Waals surface area contributed by atoms with Crippen molar-refractivity contribution in [1.29, 1.82) is 0 Å². The maximum Gasteiger partial charge on any atom is 0.126 e. The lowest BCUT2D eigenvalue weighted by atomic mass is 9.97. The molecule has 1 aliphatic rings. The molecule has 0 radical (unpaired) electrons. The van der Waals surface area contributed by atoms with Crippen LogP contribution in [-0.2, 0) is 6.42 Å². The van der Waals surface area contributed by atoms with Crippen molar-refractivity contribution in [2.24, 2.45) is 0 Å². The van der Waals surface area contributed by atoms with E-state index in [1.54, 1.807) is 6.08 Å². The lowest BCUT2D eigenvalue weighted by molar-refractivity contribution is 0.738. The fraction of sp³-hybridized carbons (Fsp3) is 0.200. The van der Waals surface area contributed by atoms with E-state index in [-0.39, 0.29) is 5.83 Å². The minimum atomic E-state index is -0.0631. The Morgan fingerprint density at radius 1 is 1.18 bits per heavy atom. The van der Waals surface area contributed by atoms with Gasteiger partial charge in [-0.05, 0) is 24.5 Å². The summed E-state index contributed by atoms with van der Waals surface area (Å²) >= 11 is 0. The second kappa shape index (κ2) is 2.50. The van der Waals surface area contributed by atoms with Gasteiger partial charge in [0.15, 0.2) is 0 Å². The van der Waals surface area contributed by atoms with Gasteiger partial charge in [-0.2, -0.15) is 0 Å². The molecule has 0 nitrogen and oxygen atoms in total. The molecule has 2 rings (SSSR count). The number of halogens is 1. The summed E-state index contributed by atoms with van der Waals surface area (Å²) in [5, 5.41) is 0. The third kappa shape index (κ3) is 1.07. The van der Waals surface area contributed by atoms with Gasteiger partial charge in [0.1, 0.15) is 5.83 Å². The molecule has 0 fully saturated rings. The predicted octanol–water partition coefficient (Wildman–Crippen LogP) is 2.94. The summed E-state index contributed by atoms with van der Waals surface area (Å²) in [5.74, 6) is -0.0631. The number of benzene rings is 1. The zero-order valence-electron chi connectivity index (χ0n) is 6.18. The largest absolute Gasteiger partial charge is 0.207 e. The number of allylic oxidation sites excluding steroid dienone is 1. The normalized spacial score (nSPS) is 15.5. The molecular formula is C10H9F. The summed E-state index contributed by atoms with van der Waals surface area (Å²) in [4.78, 5) is 0. The van der Waals surface area contributed by atoms with Crippen molar-refractivity contribution in [2.45, 2.75) is 12.8 Å². The van der Waals surface area contributed by atoms with E-state index in [4.69, 9.17) is 0 Å². The summed E-state index contributed by atoms with van der Waals surface area (Å²) in [6.45, 7) is 0. The first kappa shape index (κ1) is 6.59. The highest BCUT2D eigenvalue weighted by atomic mass is 19.1. The van der Waals surface area contributed by atoms with E-state index >= 15 is 0 Å². The zero-order chi connectivity index (χ0) is 7.68. The van der Waals surface area contributed by atoms with Gasteiger partial charge in [-0.25, -0.2) is 4.39 Å². The average Bonchev–Trinajstić information content (AvgIpc) is 2.06. The van der Waals surface area contributed by atoms with Gasteiger partial charge in [-0.15, -0.1) is 0 Å².